The van der Waals surface area contributed by atoms with E-state index in [4.69, 9.17) is 11.6 Å². The van der Waals surface area contributed by atoms with Gasteiger partial charge >= 0.3 is 0 Å². The van der Waals surface area contributed by atoms with Gasteiger partial charge in [-0.3, -0.25) is 9.59 Å². The van der Waals surface area contributed by atoms with Crippen LogP contribution in [0.1, 0.15) is 23.2 Å². The summed E-state index contributed by atoms with van der Waals surface area (Å²) in [5.74, 6) is -0.246. The van der Waals surface area contributed by atoms with Crippen molar-refractivity contribution < 1.29 is 9.59 Å². The van der Waals surface area contributed by atoms with Gasteiger partial charge in [0.25, 0.3) is 5.91 Å². The fourth-order valence-electron chi connectivity index (χ4n) is 1.65. The molecule has 0 spiro atoms. The molecule has 0 radical (unpaired) electrons. The molecule has 0 fully saturated rings. The molecule has 0 bridgehead atoms. The molecule has 0 atom stereocenters. The molecule has 2 N–H and O–H groups in total. The average molecular weight is 298 g/mol. The highest BCUT2D eigenvalue weighted by Crippen LogP contribution is 2.23. The van der Waals surface area contributed by atoms with Crippen molar-refractivity contribution in [1.82, 2.24) is 10.2 Å². The molecule has 0 heterocycles. The average Bonchev–Trinajstić information content (AvgIpc) is 2.40. The van der Waals surface area contributed by atoms with Gasteiger partial charge < -0.3 is 15.5 Å². The first-order valence-electron chi connectivity index (χ1n) is 6.41. The predicted octanol–water partition coefficient (Wildman–Crippen LogP) is 1.98. The Morgan fingerprint density at radius 3 is 2.60 bits per heavy atom. The lowest BCUT2D eigenvalue weighted by Crippen LogP contribution is -2.22. The maximum atomic E-state index is 11.9. The topological polar surface area (TPSA) is 61.4 Å². The molecular formula is C14H20ClN3O2. The van der Waals surface area contributed by atoms with Gasteiger partial charge in [0.05, 0.1) is 10.7 Å². The molecule has 6 heteroatoms. The van der Waals surface area contributed by atoms with E-state index in [0.717, 1.165) is 13.0 Å². The Labute approximate surface area is 124 Å². The van der Waals surface area contributed by atoms with E-state index in [2.05, 4.69) is 10.6 Å². The number of amides is 2. The van der Waals surface area contributed by atoms with Gasteiger partial charge in [-0.15, -0.1) is 0 Å². The Balaban J connectivity index is 2.76. The van der Waals surface area contributed by atoms with Crippen LogP contribution < -0.4 is 10.6 Å². The normalized spacial score (nSPS) is 10.2. The third-order valence-corrected chi connectivity index (χ3v) is 3.05. The molecule has 0 aromatic heterocycles. The minimum atomic E-state index is -0.132. The Hall–Kier alpha value is -1.59. The summed E-state index contributed by atoms with van der Waals surface area (Å²) in [6, 6.07) is 4.85. The van der Waals surface area contributed by atoms with Crippen molar-refractivity contribution >= 4 is 29.1 Å². The zero-order valence-corrected chi connectivity index (χ0v) is 12.8. The van der Waals surface area contributed by atoms with Gasteiger partial charge in [0, 0.05) is 26.1 Å². The second-order valence-corrected chi connectivity index (χ2v) is 5.06. The molecule has 0 unspecified atom stereocenters. The molecule has 0 aliphatic rings. The van der Waals surface area contributed by atoms with Gasteiger partial charge in [0.1, 0.15) is 0 Å². The first-order valence-corrected chi connectivity index (χ1v) is 6.79. The largest absolute Gasteiger partial charge is 0.345 e. The van der Waals surface area contributed by atoms with Crippen molar-refractivity contribution in [3.8, 4) is 0 Å². The van der Waals surface area contributed by atoms with Crippen LogP contribution >= 0.6 is 11.6 Å². The third kappa shape index (κ3) is 4.83. The molecule has 2 amide bonds. The molecule has 0 aliphatic heterocycles. The quantitative estimate of drug-likeness (QED) is 0.789. The van der Waals surface area contributed by atoms with Crippen molar-refractivity contribution in [2.24, 2.45) is 0 Å². The van der Waals surface area contributed by atoms with Gasteiger partial charge in [-0.2, -0.15) is 0 Å². The van der Waals surface area contributed by atoms with Crippen LogP contribution in [0.4, 0.5) is 5.69 Å². The van der Waals surface area contributed by atoms with E-state index in [9.17, 15) is 9.59 Å². The minimum absolute atomic E-state index is 0.114. The third-order valence-electron chi connectivity index (χ3n) is 2.72. The highest BCUT2D eigenvalue weighted by molar-refractivity contribution is 6.33. The molecule has 20 heavy (non-hydrogen) atoms. The van der Waals surface area contributed by atoms with Crippen LogP contribution in [0.25, 0.3) is 0 Å². The number of anilines is 1. The van der Waals surface area contributed by atoms with Gasteiger partial charge in [0.15, 0.2) is 0 Å². The number of carbonyl (C=O) groups excluding carboxylic acids is 2. The summed E-state index contributed by atoms with van der Waals surface area (Å²) in [4.78, 5) is 25.1. The van der Waals surface area contributed by atoms with E-state index in [1.165, 1.54) is 4.90 Å². The highest BCUT2D eigenvalue weighted by Gasteiger charge is 2.12. The van der Waals surface area contributed by atoms with Crippen LogP contribution in [0.2, 0.25) is 5.02 Å². The van der Waals surface area contributed by atoms with Crippen LogP contribution in [-0.2, 0) is 4.79 Å². The summed E-state index contributed by atoms with van der Waals surface area (Å²) >= 11 is 6.03. The van der Waals surface area contributed by atoms with Gasteiger partial charge in [-0.05, 0) is 38.2 Å². The summed E-state index contributed by atoms with van der Waals surface area (Å²) in [7, 11) is 5.19. The maximum Gasteiger partial charge on any atom is 0.253 e. The monoisotopic (exact) mass is 297 g/mol. The van der Waals surface area contributed by atoms with Gasteiger partial charge in [-0.25, -0.2) is 0 Å². The number of hydrogen-bond donors (Lipinski definition) is 2. The Morgan fingerprint density at radius 1 is 1.30 bits per heavy atom. The summed E-state index contributed by atoms with van der Waals surface area (Å²) in [5.41, 5.74) is 0.957. The highest BCUT2D eigenvalue weighted by atomic mass is 35.5. The molecule has 0 saturated carbocycles. The molecule has 0 aliphatic carbocycles. The summed E-state index contributed by atoms with van der Waals surface area (Å²) in [5, 5.41) is 6.13. The number of benzene rings is 1. The fourth-order valence-corrected chi connectivity index (χ4v) is 1.82. The second kappa shape index (κ2) is 7.87. The molecule has 1 aromatic carbocycles. The van der Waals surface area contributed by atoms with Crippen LogP contribution in [0.15, 0.2) is 18.2 Å². The zero-order valence-electron chi connectivity index (χ0n) is 12.0. The fraction of sp³-hybridized carbons (Fsp3) is 0.429. The lowest BCUT2D eigenvalue weighted by Gasteiger charge is -2.13. The Morgan fingerprint density at radius 2 is 2.00 bits per heavy atom. The number of nitrogens with one attached hydrogen (secondary N) is 2. The standard InChI is InChI=1S/C14H20ClN3O2/c1-16-8-4-5-13(19)17-12-9-10(6-7-11(12)15)14(20)18(2)3/h6-7,9,16H,4-5,8H2,1-3H3,(H,17,19). The Bertz CT molecular complexity index is 489. The molecule has 110 valence electrons. The van der Waals surface area contributed by atoms with Crippen molar-refractivity contribution in [2.75, 3.05) is 33.0 Å². The smallest absolute Gasteiger partial charge is 0.253 e. The van der Waals surface area contributed by atoms with E-state index < -0.39 is 0 Å². The first kappa shape index (κ1) is 16.5. The molecule has 1 rings (SSSR count). The summed E-state index contributed by atoms with van der Waals surface area (Å²) in [6.07, 6.45) is 1.15. The van der Waals surface area contributed by atoms with E-state index in [0.29, 0.717) is 22.7 Å². The predicted molar refractivity (Wildman–Crippen MR) is 81.3 cm³/mol. The van der Waals surface area contributed by atoms with Crippen LogP contribution in [0, 0.1) is 0 Å². The van der Waals surface area contributed by atoms with E-state index in [-0.39, 0.29) is 11.8 Å². The van der Waals surface area contributed by atoms with Crippen LogP contribution in [-0.4, -0.2) is 44.4 Å². The lowest BCUT2D eigenvalue weighted by atomic mass is 10.1. The second-order valence-electron chi connectivity index (χ2n) is 4.65. The number of carbonyl (C=O) groups is 2. The van der Waals surface area contributed by atoms with Crippen LogP contribution in [0.3, 0.4) is 0 Å². The first-order chi connectivity index (χ1) is 9.45. The minimum Gasteiger partial charge on any atom is -0.345 e. The number of halogens is 1. The number of hydrogen-bond acceptors (Lipinski definition) is 3. The maximum absolute atomic E-state index is 11.9. The van der Waals surface area contributed by atoms with E-state index in [1.807, 2.05) is 7.05 Å². The van der Waals surface area contributed by atoms with Crippen molar-refractivity contribution in [3.05, 3.63) is 28.8 Å². The lowest BCUT2D eigenvalue weighted by molar-refractivity contribution is -0.116. The zero-order chi connectivity index (χ0) is 15.1. The van der Waals surface area contributed by atoms with E-state index >= 15 is 0 Å². The molecular weight excluding hydrogens is 278 g/mol. The molecule has 5 nitrogen and oxygen atoms in total. The van der Waals surface area contributed by atoms with Crippen molar-refractivity contribution in [1.29, 1.82) is 0 Å². The van der Waals surface area contributed by atoms with E-state index in [1.54, 1.807) is 32.3 Å². The van der Waals surface area contributed by atoms with Gasteiger partial charge in [0.2, 0.25) is 5.91 Å². The SMILES string of the molecule is CNCCCC(=O)Nc1cc(C(=O)N(C)C)ccc1Cl. The van der Waals surface area contributed by atoms with Crippen molar-refractivity contribution in [3.63, 3.8) is 0 Å². The van der Waals surface area contributed by atoms with Crippen molar-refractivity contribution in [2.45, 2.75) is 12.8 Å². The van der Waals surface area contributed by atoms with Crippen LogP contribution in [0.5, 0.6) is 0 Å². The summed E-state index contributed by atoms with van der Waals surface area (Å²) in [6.45, 7) is 0.778. The summed E-state index contributed by atoms with van der Waals surface area (Å²) < 4.78 is 0. The van der Waals surface area contributed by atoms with Gasteiger partial charge in [-0.1, -0.05) is 11.6 Å². The number of nitrogens with zero attached hydrogens (tertiary/aromatic N) is 1. The molecule has 0 saturated heterocycles. The Kier molecular flexibility index (Phi) is 6.48. The molecule has 1 aromatic rings. The number of rotatable bonds is 6.